The average Bonchev–Trinajstić information content (AvgIpc) is 3.52. The van der Waals surface area contributed by atoms with Gasteiger partial charge in [-0.15, -0.1) is 0 Å². The topological polar surface area (TPSA) is 51.8 Å². The summed E-state index contributed by atoms with van der Waals surface area (Å²) in [5.41, 5.74) is 4.51. The second-order valence-corrected chi connectivity index (χ2v) is 12.0. The molecule has 0 radical (unpaired) electrons. The second-order valence-electron chi connectivity index (χ2n) is 12.0. The first kappa shape index (κ1) is 25.9. The molecule has 0 bridgehead atoms. The lowest BCUT2D eigenvalue weighted by molar-refractivity contribution is 0.669. The normalized spacial score (nSPS) is 11.8. The number of hydrogen-bond acceptors (Lipinski definition) is 4. The molecule has 8 aromatic carbocycles. The predicted octanol–water partition coefficient (Wildman–Crippen LogP) is 11.4. The Morgan fingerprint density at radius 3 is 1.60 bits per heavy atom. The van der Waals surface area contributed by atoms with E-state index in [-0.39, 0.29) is 0 Å². The zero-order valence-electron chi connectivity index (χ0n) is 25.2. The van der Waals surface area contributed by atoms with Crippen molar-refractivity contribution in [1.29, 1.82) is 0 Å². The molecule has 4 heteroatoms. The van der Waals surface area contributed by atoms with Gasteiger partial charge in [0, 0.05) is 27.5 Å². The molecular formula is C43H25N3O. The molecule has 218 valence electrons. The number of hydrogen-bond donors (Lipinski definition) is 0. The molecule has 0 amide bonds. The van der Waals surface area contributed by atoms with Crippen molar-refractivity contribution in [2.45, 2.75) is 0 Å². The minimum absolute atomic E-state index is 0.623. The monoisotopic (exact) mass is 599 g/mol. The highest BCUT2D eigenvalue weighted by Crippen LogP contribution is 2.37. The minimum Gasteiger partial charge on any atom is -0.456 e. The molecule has 0 atom stereocenters. The van der Waals surface area contributed by atoms with E-state index in [0.29, 0.717) is 17.5 Å². The Hall–Kier alpha value is -6.39. The van der Waals surface area contributed by atoms with E-state index in [0.717, 1.165) is 44.0 Å². The van der Waals surface area contributed by atoms with Crippen molar-refractivity contribution in [1.82, 2.24) is 15.0 Å². The lowest BCUT2D eigenvalue weighted by Crippen LogP contribution is -2.00. The van der Waals surface area contributed by atoms with Gasteiger partial charge in [0.05, 0.1) is 0 Å². The van der Waals surface area contributed by atoms with Gasteiger partial charge in [0.2, 0.25) is 0 Å². The SMILES string of the molecule is c1ccc(-c2nc(-c3ccc4c(ccc5c4ccc4c6ccccc6ccc45)c3)nc(-c3ccc4oc5ccccc5c4c3)n2)cc1. The van der Waals surface area contributed by atoms with Gasteiger partial charge >= 0.3 is 0 Å². The summed E-state index contributed by atoms with van der Waals surface area (Å²) >= 11 is 0. The summed E-state index contributed by atoms with van der Waals surface area (Å²) < 4.78 is 6.09. The van der Waals surface area contributed by atoms with E-state index >= 15 is 0 Å². The number of furan rings is 1. The fourth-order valence-corrected chi connectivity index (χ4v) is 7.00. The van der Waals surface area contributed by atoms with Gasteiger partial charge in [0.1, 0.15) is 11.2 Å². The molecule has 0 aliphatic heterocycles. The highest BCUT2D eigenvalue weighted by atomic mass is 16.3. The molecule has 47 heavy (non-hydrogen) atoms. The van der Waals surface area contributed by atoms with Crippen LogP contribution < -0.4 is 0 Å². The Bertz CT molecular complexity index is 2850. The van der Waals surface area contributed by atoms with E-state index in [1.54, 1.807) is 0 Å². The third kappa shape index (κ3) is 4.12. The minimum atomic E-state index is 0.623. The molecule has 0 aliphatic rings. The average molecular weight is 600 g/mol. The van der Waals surface area contributed by atoms with Crippen LogP contribution in [0.15, 0.2) is 156 Å². The molecule has 0 spiro atoms. The van der Waals surface area contributed by atoms with E-state index in [4.69, 9.17) is 19.4 Å². The van der Waals surface area contributed by atoms with Crippen LogP contribution in [-0.2, 0) is 0 Å². The molecule has 10 rings (SSSR count). The molecule has 0 aliphatic carbocycles. The van der Waals surface area contributed by atoms with Crippen LogP contribution in [0.4, 0.5) is 0 Å². The van der Waals surface area contributed by atoms with Gasteiger partial charge in [-0.3, -0.25) is 0 Å². The molecule has 0 saturated heterocycles. The number of rotatable bonds is 3. The van der Waals surface area contributed by atoms with Crippen LogP contribution in [-0.4, -0.2) is 15.0 Å². The van der Waals surface area contributed by atoms with Crippen molar-refractivity contribution in [2.75, 3.05) is 0 Å². The fraction of sp³-hybridized carbons (Fsp3) is 0. The summed E-state index contributed by atoms with van der Waals surface area (Å²) in [5.74, 6) is 1.90. The molecule has 2 heterocycles. The summed E-state index contributed by atoms with van der Waals surface area (Å²) in [4.78, 5) is 15.0. The Labute approximate surface area is 269 Å². The van der Waals surface area contributed by atoms with Gasteiger partial charge in [-0.25, -0.2) is 15.0 Å². The molecular weight excluding hydrogens is 574 g/mol. The first-order chi connectivity index (χ1) is 23.3. The summed E-state index contributed by atoms with van der Waals surface area (Å²) in [6.45, 7) is 0. The van der Waals surface area contributed by atoms with Gasteiger partial charge < -0.3 is 4.42 Å². The number of aromatic nitrogens is 3. The van der Waals surface area contributed by atoms with Crippen molar-refractivity contribution >= 4 is 65.0 Å². The molecule has 10 aromatic rings. The number of para-hydroxylation sites is 1. The van der Waals surface area contributed by atoms with Crippen LogP contribution in [0, 0.1) is 0 Å². The molecule has 0 unspecified atom stereocenters. The fourth-order valence-electron chi connectivity index (χ4n) is 7.00. The lowest BCUT2D eigenvalue weighted by atomic mass is 9.94. The second kappa shape index (κ2) is 10.1. The van der Waals surface area contributed by atoms with Gasteiger partial charge in [0.15, 0.2) is 17.5 Å². The van der Waals surface area contributed by atoms with Crippen LogP contribution >= 0.6 is 0 Å². The van der Waals surface area contributed by atoms with Gasteiger partial charge in [0.25, 0.3) is 0 Å². The highest BCUT2D eigenvalue weighted by Gasteiger charge is 2.15. The number of nitrogens with zero attached hydrogens (tertiary/aromatic N) is 3. The van der Waals surface area contributed by atoms with Gasteiger partial charge in [-0.05, 0) is 73.4 Å². The molecule has 2 aromatic heterocycles. The van der Waals surface area contributed by atoms with E-state index in [2.05, 4.69) is 91.0 Å². The van der Waals surface area contributed by atoms with Crippen LogP contribution in [0.2, 0.25) is 0 Å². The summed E-state index contributed by atoms with van der Waals surface area (Å²) in [5, 5.41) is 12.0. The van der Waals surface area contributed by atoms with Crippen molar-refractivity contribution in [3.63, 3.8) is 0 Å². The Morgan fingerprint density at radius 2 is 0.809 bits per heavy atom. The Kier molecular flexibility index (Phi) is 5.54. The first-order valence-electron chi connectivity index (χ1n) is 15.8. The number of fused-ring (bicyclic) bond motifs is 10. The zero-order valence-corrected chi connectivity index (χ0v) is 25.2. The van der Waals surface area contributed by atoms with E-state index < -0.39 is 0 Å². The van der Waals surface area contributed by atoms with Crippen LogP contribution in [0.5, 0.6) is 0 Å². The number of benzene rings is 8. The zero-order chi connectivity index (χ0) is 30.9. The molecule has 4 nitrogen and oxygen atoms in total. The van der Waals surface area contributed by atoms with Crippen molar-refractivity contribution in [3.8, 4) is 34.2 Å². The standard InChI is InChI=1S/C43H25N3O/c1-2-9-27(10-3-1)41-44-42(46-43(45-41)30-17-23-40-38(25-30)37-12-6-7-13-39(37)47-40)29-16-18-32-28(24-29)15-20-36-34(32)22-21-33-31-11-5-4-8-26(31)14-19-35(33)36/h1-25H. The maximum Gasteiger partial charge on any atom is 0.164 e. The first-order valence-corrected chi connectivity index (χ1v) is 15.8. The lowest BCUT2D eigenvalue weighted by Gasteiger charge is -2.12. The van der Waals surface area contributed by atoms with E-state index in [1.165, 1.54) is 37.7 Å². The van der Waals surface area contributed by atoms with Crippen molar-refractivity contribution in [3.05, 3.63) is 152 Å². The maximum atomic E-state index is 6.09. The third-order valence-corrected chi connectivity index (χ3v) is 9.30. The Morgan fingerprint density at radius 1 is 0.298 bits per heavy atom. The Balaban J connectivity index is 1.15. The largest absolute Gasteiger partial charge is 0.456 e. The molecule has 0 saturated carbocycles. The van der Waals surface area contributed by atoms with Gasteiger partial charge in [-0.2, -0.15) is 0 Å². The van der Waals surface area contributed by atoms with Crippen LogP contribution in [0.1, 0.15) is 0 Å². The molecule has 0 N–H and O–H groups in total. The maximum absolute atomic E-state index is 6.09. The predicted molar refractivity (Wildman–Crippen MR) is 193 cm³/mol. The quantitative estimate of drug-likeness (QED) is 0.190. The summed E-state index contributed by atoms with van der Waals surface area (Å²) in [6.07, 6.45) is 0. The van der Waals surface area contributed by atoms with Crippen LogP contribution in [0.25, 0.3) is 99.2 Å². The smallest absolute Gasteiger partial charge is 0.164 e. The molecule has 0 fully saturated rings. The van der Waals surface area contributed by atoms with Crippen molar-refractivity contribution in [2.24, 2.45) is 0 Å². The van der Waals surface area contributed by atoms with Crippen LogP contribution in [0.3, 0.4) is 0 Å². The van der Waals surface area contributed by atoms with Gasteiger partial charge in [-0.1, -0.05) is 121 Å². The van der Waals surface area contributed by atoms with E-state index in [1.807, 2.05) is 60.7 Å². The van der Waals surface area contributed by atoms with E-state index in [9.17, 15) is 0 Å². The van der Waals surface area contributed by atoms with Crippen molar-refractivity contribution < 1.29 is 4.42 Å². The highest BCUT2D eigenvalue weighted by molar-refractivity contribution is 6.22. The summed E-state index contributed by atoms with van der Waals surface area (Å²) in [7, 11) is 0. The third-order valence-electron chi connectivity index (χ3n) is 9.30. The summed E-state index contributed by atoms with van der Waals surface area (Å²) in [6, 6.07) is 52.9.